The van der Waals surface area contributed by atoms with Gasteiger partial charge in [0.05, 0.1) is 6.07 Å². The van der Waals surface area contributed by atoms with Gasteiger partial charge in [-0.25, -0.2) is 0 Å². The van der Waals surface area contributed by atoms with Gasteiger partial charge in [0.2, 0.25) is 5.91 Å². The number of hydrogen-bond acceptors (Lipinski definition) is 2. The molecule has 0 saturated heterocycles. The molecule has 4 saturated carbocycles. The molecule has 0 aromatic rings. The molecule has 110 valence electrons. The summed E-state index contributed by atoms with van der Waals surface area (Å²) < 4.78 is 0. The van der Waals surface area contributed by atoms with E-state index in [2.05, 4.69) is 19.9 Å². The highest BCUT2D eigenvalue weighted by atomic mass is 16.2. The fraction of sp³-hybridized carbons (Fsp3) is 0.882. The van der Waals surface area contributed by atoms with Gasteiger partial charge in [0, 0.05) is 12.5 Å². The van der Waals surface area contributed by atoms with E-state index in [-0.39, 0.29) is 5.91 Å². The van der Waals surface area contributed by atoms with Gasteiger partial charge in [-0.1, -0.05) is 13.8 Å². The minimum absolute atomic E-state index is 0.207. The number of nitrogens with zero attached hydrogens (tertiary/aromatic N) is 2. The topological polar surface area (TPSA) is 44.1 Å². The highest BCUT2D eigenvalue weighted by Crippen LogP contribution is 2.55. The predicted octanol–water partition coefficient (Wildman–Crippen LogP) is 3.21. The van der Waals surface area contributed by atoms with Crippen LogP contribution in [-0.2, 0) is 4.79 Å². The van der Waals surface area contributed by atoms with E-state index in [0.717, 1.165) is 11.8 Å². The smallest absolute Gasteiger partial charge is 0.223 e. The van der Waals surface area contributed by atoms with E-state index >= 15 is 0 Å². The molecule has 4 rings (SSSR count). The lowest BCUT2D eigenvalue weighted by Crippen LogP contribution is -2.57. The Labute approximate surface area is 122 Å². The average molecular weight is 274 g/mol. The third kappa shape index (κ3) is 2.45. The first kappa shape index (κ1) is 13.9. The van der Waals surface area contributed by atoms with Gasteiger partial charge >= 0.3 is 0 Å². The van der Waals surface area contributed by atoms with Crippen molar-refractivity contribution in [3.05, 3.63) is 0 Å². The maximum atomic E-state index is 12.5. The summed E-state index contributed by atoms with van der Waals surface area (Å²) in [5, 5.41) is 9.13. The number of hydrogen-bond donors (Lipinski definition) is 0. The third-order valence-corrected chi connectivity index (χ3v) is 5.68. The summed E-state index contributed by atoms with van der Waals surface area (Å²) in [5.74, 6) is 3.77. The van der Waals surface area contributed by atoms with Crippen LogP contribution in [0, 0.1) is 40.9 Å². The maximum absolute atomic E-state index is 12.5. The average Bonchev–Trinajstić information content (AvgIpc) is 2.35. The lowest BCUT2D eigenvalue weighted by molar-refractivity contribution is -0.143. The van der Waals surface area contributed by atoms with Crippen LogP contribution in [0.3, 0.4) is 0 Å². The Kier molecular flexibility index (Phi) is 3.75. The van der Waals surface area contributed by atoms with Crippen LogP contribution >= 0.6 is 0 Å². The van der Waals surface area contributed by atoms with E-state index < -0.39 is 0 Å². The summed E-state index contributed by atoms with van der Waals surface area (Å²) in [7, 11) is 0. The summed E-state index contributed by atoms with van der Waals surface area (Å²) in [6.07, 6.45) is 7.22. The molecule has 1 amide bonds. The van der Waals surface area contributed by atoms with Crippen LogP contribution in [0.4, 0.5) is 0 Å². The van der Waals surface area contributed by atoms with Crippen molar-refractivity contribution >= 4 is 5.91 Å². The van der Waals surface area contributed by atoms with Crippen molar-refractivity contribution in [2.45, 2.75) is 58.4 Å². The van der Waals surface area contributed by atoms with Crippen LogP contribution in [0.1, 0.15) is 52.4 Å². The van der Waals surface area contributed by atoms with E-state index in [1.807, 2.05) is 4.90 Å². The highest BCUT2D eigenvalue weighted by Gasteiger charge is 2.50. The summed E-state index contributed by atoms with van der Waals surface area (Å²) in [5.41, 5.74) is 0. The van der Waals surface area contributed by atoms with Crippen molar-refractivity contribution in [2.24, 2.45) is 29.6 Å². The molecule has 0 N–H and O–H groups in total. The van der Waals surface area contributed by atoms with Crippen LogP contribution in [0.5, 0.6) is 0 Å². The molecule has 4 aliphatic carbocycles. The molecule has 4 fully saturated rings. The second-order valence-corrected chi connectivity index (χ2v) is 7.70. The molecule has 0 radical (unpaired) electrons. The van der Waals surface area contributed by atoms with E-state index in [1.165, 1.54) is 32.1 Å². The first-order valence-corrected chi connectivity index (χ1v) is 8.24. The van der Waals surface area contributed by atoms with Gasteiger partial charge < -0.3 is 4.90 Å². The van der Waals surface area contributed by atoms with E-state index in [0.29, 0.717) is 36.8 Å². The van der Waals surface area contributed by atoms with Crippen LogP contribution in [0.15, 0.2) is 0 Å². The number of carbonyl (C=O) groups is 1. The van der Waals surface area contributed by atoms with Gasteiger partial charge in [-0.05, 0) is 61.7 Å². The molecular formula is C17H26N2O. The molecule has 3 heteroatoms. The van der Waals surface area contributed by atoms with Crippen molar-refractivity contribution < 1.29 is 4.79 Å². The van der Waals surface area contributed by atoms with Crippen LogP contribution in [0.25, 0.3) is 0 Å². The van der Waals surface area contributed by atoms with Crippen molar-refractivity contribution in [3.8, 4) is 6.07 Å². The van der Waals surface area contributed by atoms with Gasteiger partial charge in [0.15, 0.2) is 0 Å². The van der Waals surface area contributed by atoms with Crippen molar-refractivity contribution in [3.63, 3.8) is 0 Å². The molecule has 0 aromatic heterocycles. The third-order valence-electron chi connectivity index (χ3n) is 5.68. The van der Waals surface area contributed by atoms with E-state index in [9.17, 15) is 4.79 Å². The molecule has 4 aliphatic rings. The Hall–Kier alpha value is -1.04. The van der Waals surface area contributed by atoms with Crippen molar-refractivity contribution in [2.75, 3.05) is 6.54 Å². The lowest BCUT2D eigenvalue weighted by atomic mass is 9.54. The van der Waals surface area contributed by atoms with E-state index in [1.54, 1.807) is 0 Å². The number of rotatable bonds is 4. The number of nitriles is 1. The van der Waals surface area contributed by atoms with Gasteiger partial charge in [-0.2, -0.15) is 5.26 Å². The van der Waals surface area contributed by atoms with E-state index in [4.69, 9.17) is 5.26 Å². The molecule has 3 nitrogen and oxygen atoms in total. The summed E-state index contributed by atoms with van der Waals surface area (Å²) in [6, 6.07) is 2.61. The molecule has 4 bridgehead atoms. The van der Waals surface area contributed by atoms with Crippen LogP contribution in [0.2, 0.25) is 0 Å². The Morgan fingerprint density at radius 3 is 2.15 bits per heavy atom. The number of amides is 1. The normalized spacial score (nSPS) is 38.0. The Morgan fingerprint density at radius 2 is 1.70 bits per heavy atom. The first-order chi connectivity index (χ1) is 9.58. The second kappa shape index (κ2) is 5.39. The fourth-order valence-corrected chi connectivity index (χ4v) is 5.31. The molecular weight excluding hydrogens is 248 g/mol. The zero-order valence-corrected chi connectivity index (χ0v) is 12.7. The summed E-state index contributed by atoms with van der Waals surface area (Å²) in [4.78, 5) is 14.5. The SMILES string of the molecule is CC(C)CC(=O)N(CC#N)C1C2CC3CC(C2)CC1C3. The van der Waals surface area contributed by atoms with Crippen LogP contribution in [-0.4, -0.2) is 23.4 Å². The zero-order chi connectivity index (χ0) is 14.3. The summed E-state index contributed by atoms with van der Waals surface area (Å²) in [6.45, 7) is 4.46. The quantitative estimate of drug-likeness (QED) is 0.739. The largest absolute Gasteiger partial charge is 0.326 e. The van der Waals surface area contributed by atoms with Gasteiger partial charge in [-0.3, -0.25) is 4.79 Å². The maximum Gasteiger partial charge on any atom is 0.223 e. The van der Waals surface area contributed by atoms with Gasteiger partial charge in [0.1, 0.15) is 6.54 Å². The van der Waals surface area contributed by atoms with Gasteiger partial charge in [0.25, 0.3) is 0 Å². The molecule has 20 heavy (non-hydrogen) atoms. The minimum atomic E-state index is 0.207. The fourth-order valence-electron chi connectivity index (χ4n) is 5.31. The second-order valence-electron chi connectivity index (χ2n) is 7.70. The Bertz CT molecular complexity index is 395. The monoisotopic (exact) mass is 274 g/mol. The molecule has 0 unspecified atom stereocenters. The Balaban J connectivity index is 1.77. The van der Waals surface area contributed by atoms with Crippen LogP contribution < -0.4 is 0 Å². The highest BCUT2D eigenvalue weighted by molar-refractivity contribution is 5.77. The Morgan fingerprint density at radius 1 is 1.15 bits per heavy atom. The van der Waals surface area contributed by atoms with Crippen molar-refractivity contribution in [1.82, 2.24) is 4.90 Å². The lowest BCUT2D eigenvalue weighted by Gasteiger charge is -2.56. The molecule has 0 spiro atoms. The minimum Gasteiger partial charge on any atom is -0.326 e. The molecule has 0 heterocycles. The summed E-state index contributed by atoms with van der Waals surface area (Å²) >= 11 is 0. The number of carbonyl (C=O) groups excluding carboxylic acids is 1. The van der Waals surface area contributed by atoms with Crippen molar-refractivity contribution in [1.29, 1.82) is 5.26 Å². The molecule has 0 aromatic carbocycles. The molecule has 0 aliphatic heterocycles. The zero-order valence-electron chi connectivity index (χ0n) is 12.7. The standard InChI is InChI=1S/C17H26N2O/c1-11(2)5-16(20)19(4-3-18)17-14-7-12-6-13(9-14)10-15(17)8-12/h11-15,17H,4-10H2,1-2H3. The van der Waals surface area contributed by atoms with Gasteiger partial charge in [-0.15, -0.1) is 0 Å². The first-order valence-electron chi connectivity index (χ1n) is 8.24. The predicted molar refractivity (Wildman–Crippen MR) is 77.6 cm³/mol. The molecule has 0 atom stereocenters.